The van der Waals surface area contributed by atoms with Crippen molar-refractivity contribution in [3.05, 3.63) is 29.3 Å². The maximum atomic E-state index is 12.4. The summed E-state index contributed by atoms with van der Waals surface area (Å²) in [4.78, 5) is 12.4. The molecule has 206 valence electrons. The summed E-state index contributed by atoms with van der Waals surface area (Å²) in [6.45, 7) is 14.4. The molecule has 1 aromatic carbocycles. The first-order chi connectivity index (χ1) is 17.1. The number of amidine groups is 1. The Morgan fingerprint density at radius 2 is 1.54 bits per heavy atom. The van der Waals surface area contributed by atoms with Crippen LogP contribution in [0.4, 0.5) is 4.79 Å². The normalized spacial score (nSPS) is 28.9. The van der Waals surface area contributed by atoms with Crippen molar-refractivity contribution < 1.29 is 19.0 Å². The highest BCUT2D eigenvalue weighted by Gasteiger charge is 2.50. The molecule has 3 N–H and O–H groups in total. The third-order valence-corrected chi connectivity index (χ3v) is 9.22. The molecule has 0 unspecified atom stereocenters. The maximum Gasteiger partial charge on any atom is 0.408 e. The van der Waals surface area contributed by atoms with E-state index < -0.39 is 11.2 Å². The lowest BCUT2D eigenvalue weighted by Crippen LogP contribution is -2.64. The molecule has 3 aliphatic carbocycles. The monoisotopic (exact) mass is 513 g/mol. The highest BCUT2D eigenvalue weighted by atomic mass is 16.6. The van der Waals surface area contributed by atoms with E-state index in [0.29, 0.717) is 5.84 Å². The Morgan fingerprint density at radius 1 is 0.973 bits per heavy atom. The van der Waals surface area contributed by atoms with Gasteiger partial charge >= 0.3 is 6.09 Å². The smallest absolute Gasteiger partial charge is 0.408 e. The molecule has 3 fully saturated rings. The molecule has 5 rings (SSSR count). The summed E-state index contributed by atoms with van der Waals surface area (Å²) < 4.78 is 17.9. The summed E-state index contributed by atoms with van der Waals surface area (Å²) in [7, 11) is 1.77. The fourth-order valence-electron chi connectivity index (χ4n) is 6.27. The van der Waals surface area contributed by atoms with E-state index in [4.69, 9.17) is 19.6 Å². The maximum absolute atomic E-state index is 12.4. The molecule has 4 aliphatic rings. The van der Waals surface area contributed by atoms with Crippen LogP contribution < -0.4 is 15.4 Å². The van der Waals surface area contributed by atoms with Crippen molar-refractivity contribution in [2.75, 3.05) is 7.11 Å². The van der Waals surface area contributed by atoms with Gasteiger partial charge in [0.05, 0.1) is 0 Å². The van der Waals surface area contributed by atoms with Crippen LogP contribution in [0.5, 0.6) is 5.75 Å². The molecule has 1 amide bonds. The molecule has 2 bridgehead atoms. The van der Waals surface area contributed by atoms with Gasteiger partial charge in [0.1, 0.15) is 28.9 Å². The Bertz CT molecular complexity index is 1010. The third kappa shape index (κ3) is 5.62. The minimum absolute atomic E-state index is 0.0219. The Hall–Kier alpha value is -2.28. The van der Waals surface area contributed by atoms with Gasteiger partial charge in [-0.3, -0.25) is 5.41 Å². The van der Waals surface area contributed by atoms with E-state index in [1.807, 2.05) is 32.9 Å². The number of benzene rings is 1. The minimum atomic E-state index is -0.499. The lowest BCUT2D eigenvalue weighted by Gasteiger charge is -2.54. The molecule has 1 aromatic rings. The summed E-state index contributed by atoms with van der Waals surface area (Å²) in [5.74, 6) is 1.36. The van der Waals surface area contributed by atoms with Gasteiger partial charge < -0.3 is 24.8 Å². The van der Waals surface area contributed by atoms with Crippen molar-refractivity contribution in [3.63, 3.8) is 0 Å². The quantitative estimate of drug-likeness (QED) is 0.326. The van der Waals surface area contributed by atoms with Crippen molar-refractivity contribution in [2.24, 2.45) is 5.41 Å². The van der Waals surface area contributed by atoms with Crippen LogP contribution in [0.2, 0.25) is 0 Å². The van der Waals surface area contributed by atoms with Gasteiger partial charge in [0.25, 0.3) is 0 Å². The van der Waals surface area contributed by atoms with Gasteiger partial charge in [0.15, 0.2) is 0 Å². The first kappa shape index (κ1) is 27.7. The molecule has 0 spiro atoms. The lowest BCUT2D eigenvalue weighted by atomic mass is 9.61. The zero-order chi connectivity index (χ0) is 27.3. The number of ether oxygens (including phenoxy) is 3. The van der Waals surface area contributed by atoms with Crippen molar-refractivity contribution in [1.82, 2.24) is 10.6 Å². The number of rotatable bonds is 5. The summed E-state index contributed by atoms with van der Waals surface area (Å²) >= 11 is 0. The van der Waals surface area contributed by atoms with E-state index in [1.54, 1.807) is 7.11 Å². The predicted molar refractivity (Wildman–Crippen MR) is 147 cm³/mol. The van der Waals surface area contributed by atoms with E-state index in [-0.39, 0.29) is 28.7 Å². The second-order valence-electron chi connectivity index (χ2n) is 13.7. The fourth-order valence-corrected chi connectivity index (χ4v) is 6.27. The minimum Gasteiger partial charge on any atom is -0.487 e. The fraction of sp³-hybridized carbons (Fsp3) is 0.733. The Kier molecular flexibility index (Phi) is 7.11. The first-order valence-corrected chi connectivity index (χ1v) is 13.8. The van der Waals surface area contributed by atoms with E-state index in [0.717, 1.165) is 68.2 Å². The van der Waals surface area contributed by atoms with Crippen molar-refractivity contribution in [1.29, 1.82) is 5.41 Å². The standard InChI is InChI=1S/C30H47N3O4/c1-26(2,3)28(7,35-8)23-12-10-20-19-21(9-11-22(20)36-23)24(31)32-29-13-16-30(17-14-29,18-15-29)33-25(34)37-27(4,5)6/h9,11,19,23H,10,12-18H2,1-8H3,(H2,31,32)(H,33,34)/t23-,28+,29?,30?/m1/s1. The van der Waals surface area contributed by atoms with Crippen LogP contribution in [0.1, 0.15) is 105 Å². The zero-order valence-electron chi connectivity index (χ0n) is 24.1. The topological polar surface area (TPSA) is 92.7 Å². The number of amides is 1. The van der Waals surface area contributed by atoms with Crippen molar-refractivity contribution in [3.8, 4) is 5.75 Å². The SMILES string of the molecule is CO[C@@](C)([C@H]1CCc2cc(C(=N)NC34CCC(NC(=O)OC(C)(C)C)(CC3)CC4)ccc2O1)C(C)(C)C. The second kappa shape index (κ2) is 9.48. The lowest BCUT2D eigenvalue weighted by molar-refractivity contribution is -0.147. The first-order valence-electron chi connectivity index (χ1n) is 13.8. The molecule has 0 radical (unpaired) electrons. The highest BCUT2D eigenvalue weighted by molar-refractivity contribution is 5.97. The van der Waals surface area contributed by atoms with Gasteiger partial charge in [0.2, 0.25) is 0 Å². The van der Waals surface area contributed by atoms with Crippen molar-refractivity contribution in [2.45, 2.75) is 128 Å². The number of hydrogen-bond donors (Lipinski definition) is 3. The van der Waals surface area contributed by atoms with Crippen molar-refractivity contribution >= 4 is 11.9 Å². The number of fused-ring (bicyclic) bond motifs is 4. The molecule has 37 heavy (non-hydrogen) atoms. The molecule has 7 nitrogen and oxygen atoms in total. The Balaban J connectivity index is 1.38. The number of carbonyl (C=O) groups excluding carboxylic acids is 1. The summed E-state index contributed by atoms with van der Waals surface area (Å²) in [5, 5.41) is 15.6. The molecule has 0 saturated heterocycles. The molecular formula is C30H47N3O4. The Labute approximate surface area is 222 Å². The molecule has 2 atom stereocenters. The number of hydrogen-bond acceptors (Lipinski definition) is 5. The average molecular weight is 514 g/mol. The van der Waals surface area contributed by atoms with Crippen LogP contribution in [-0.2, 0) is 15.9 Å². The highest BCUT2D eigenvalue weighted by Crippen LogP contribution is 2.47. The van der Waals surface area contributed by atoms with Gasteiger partial charge in [-0.1, -0.05) is 20.8 Å². The summed E-state index contributed by atoms with van der Waals surface area (Å²) in [6.07, 6.45) is 6.94. The second-order valence-corrected chi connectivity index (χ2v) is 13.7. The molecule has 7 heteroatoms. The van der Waals surface area contributed by atoms with Gasteiger partial charge in [-0.15, -0.1) is 0 Å². The van der Waals surface area contributed by atoms with Gasteiger partial charge in [-0.2, -0.15) is 0 Å². The number of methoxy groups -OCH3 is 1. The van der Waals surface area contributed by atoms with Crippen LogP contribution in [0.15, 0.2) is 18.2 Å². The molecule has 1 heterocycles. The molecular weight excluding hydrogens is 466 g/mol. The summed E-state index contributed by atoms with van der Waals surface area (Å²) in [5.41, 5.74) is 0.826. The van der Waals surface area contributed by atoms with Gasteiger partial charge in [-0.25, -0.2) is 4.79 Å². The van der Waals surface area contributed by atoms with Crippen LogP contribution in [0, 0.1) is 10.8 Å². The predicted octanol–water partition coefficient (Wildman–Crippen LogP) is 6.12. The molecule has 3 saturated carbocycles. The largest absolute Gasteiger partial charge is 0.487 e. The number of aryl methyl sites for hydroxylation is 1. The number of carbonyl (C=O) groups is 1. The van der Waals surface area contributed by atoms with E-state index in [2.05, 4.69) is 44.4 Å². The number of nitrogens with one attached hydrogen (secondary N) is 3. The molecule has 1 aliphatic heterocycles. The van der Waals surface area contributed by atoms with Crippen LogP contribution in [-0.4, -0.2) is 47.4 Å². The number of alkyl carbamates (subject to hydrolysis) is 1. The Morgan fingerprint density at radius 3 is 2.05 bits per heavy atom. The van der Waals surface area contributed by atoms with Gasteiger partial charge in [0, 0.05) is 23.8 Å². The third-order valence-electron chi connectivity index (χ3n) is 9.22. The van der Waals surface area contributed by atoms with E-state index in [1.165, 1.54) is 0 Å². The van der Waals surface area contributed by atoms with E-state index in [9.17, 15) is 4.79 Å². The van der Waals surface area contributed by atoms with Gasteiger partial charge in [-0.05, 0) is 108 Å². The average Bonchev–Trinajstić information content (AvgIpc) is 2.82. The van der Waals surface area contributed by atoms with Crippen LogP contribution >= 0.6 is 0 Å². The zero-order valence-corrected chi connectivity index (χ0v) is 24.1. The van der Waals surface area contributed by atoms with E-state index >= 15 is 0 Å². The van der Waals surface area contributed by atoms with Crippen LogP contribution in [0.25, 0.3) is 0 Å². The molecule has 0 aromatic heterocycles. The summed E-state index contributed by atoms with van der Waals surface area (Å²) in [6, 6.07) is 6.12. The van der Waals surface area contributed by atoms with Crippen LogP contribution in [0.3, 0.4) is 0 Å².